The number of hydrogen-bond acceptors (Lipinski definition) is 3. The molecule has 3 nitrogen and oxygen atoms in total. The predicted molar refractivity (Wildman–Crippen MR) is 80.8 cm³/mol. The van der Waals surface area contributed by atoms with Crippen molar-refractivity contribution in [2.45, 2.75) is 58.4 Å². The minimum Gasteiger partial charge on any atom is -0.353 e. The number of piperidine rings is 1. The van der Waals surface area contributed by atoms with Crippen molar-refractivity contribution in [3.63, 3.8) is 0 Å². The first-order chi connectivity index (χ1) is 9.70. The highest BCUT2D eigenvalue weighted by Crippen LogP contribution is 2.32. The van der Waals surface area contributed by atoms with Crippen LogP contribution in [-0.4, -0.2) is 17.6 Å². The number of anilines is 1. The molecule has 3 heteroatoms. The highest BCUT2D eigenvalue weighted by Gasteiger charge is 2.28. The van der Waals surface area contributed by atoms with E-state index in [1.54, 1.807) is 0 Å². The second kappa shape index (κ2) is 5.44. The lowest BCUT2D eigenvalue weighted by molar-refractivity contribution is 0.361. The molecule has 1 aromatic rings. The van der Waals surface area contributed by atoms with Gasteiger partial charge in [0, 0.05) is 18.3 Å². The van der Waals surface area contributed by atoms with Crippen LogP contribution in [0.1, 0.15) is 56.4 Å². The van der Waals surface area contributed by atoms with Gasteiger partial charge in [-0.1, -0.05) is 6.92 Å². The monoisotopic (exact) mass is 269 g/mol. The van der Waals surface area contributed by atoms with Gasteiger partial charge in [0.05, 0.1) is 5.56 Å². The van der Waals surface area contributed by atoms with Crippen LogP contribution in [0.15, 0.2) is 6.07 Å². The van der Waals surface area contributed by atoms with E-state index >= 15 is 0 Å². The Balaban J connectivity index is 2.01. The standard InChI is InChI=1S/C17H23N3/c1-12-6-5-9-20(13(12)2)17-15(11-18)10-14-7-3-4-8-16(14)19-17/h10,12-13H,3-9H2,1-2H3. The molecule has 1 aliphatic carbocycles. The molecule has 0 amide bonds. The van der Waals surface area contributed by atoms with Crippen molar-refractivity contribution in [3.8, 4) is 6.07 Å². The third-order valence-electron chi connectivity index (χ3n) is 5.05. The van der Waals surface area contributed by atoms with Crippen LogP contribution in [0.25, 0.3) is 0 Å². The van der Waals surface area contributed by atoms with Crippen molar-refractivity contribution < 1.29 is 0 Å². The van der Waals surface area contributed by atoms with Crippen molar-refractivity contribution in [2.24, 2.45) is 5.92 Å². The minimum atomic E-state index is 0.477. The molecule has 0 bridgehead atoms. The lowest BCUT2D eigenvalue weighted by Gasteiger charge is -2.39. The van der Waals surface area contributed by atoms with Gasteiger partial charge in [0.1, 0.15) is 11.9 Å². The van der Waals surface area contributed by atoms with Gasteiger partial charge in [-0.3, -0.25) is 0 Å². The molecule has 0 aromatic carbocycles. The van der Waals surface area contributed by atoms with Crippen molar-refractivity contribution in [1.82, 2.24) is 4.98 Å². The van der Waals surface area contributed by atoms with Gasteiger partial charge in [0.25, 0.3) is 0 Å². The molecule has 20 heavy (non-hydrogen) atoms. The third kappa shape index (κ3) is 2.28. The predicted octanol–water partition coefficient (Wildman–Crippen LogP) is 3.46. The SMILES string of the molecule is CC1CCCN(c2nc3c(cc2C#N)CCCC3)C1C. The van der Waals surface area contributed by atoms with Crippen molar-refractivity contribution in [2.75, 3.05) is 11.4 Å². The fourth-order valence-electron chi connectivity index (χ4n) is 3.56. The summed E-state index contributed by atoms with van der Waals surface area (Å²) < 4.78 is 0. The van der Waals surface area contributed by atoms with Gasteiger partial charge in [-0.15, -0.1) is 0 Å². The van der Waals surface area contributed by atoms with E-state index < -0.39 is 0 Å². The van der Waals surface area contributed by atoms with Crippen molar-refractivity contribution in [1.29, 1.82) is 5.26 Å². The Morgan fingerprint density at radius 1 is 1.25 bits per heavy atom. The number of aryl methyl sites for hydroxylation is 2. The summed E-state index contributed by atoms with van der Waals surface area (Å²) in [5.41, 5.74) is 3.30. The Labute approximate surface area is 121 Å². The first-order valence-electron chi connectivity index (χ1n) is 7.90. The average Bonchev–Trinajstić information content (AvgIpc) is 2.48. The lowest BCUT2D eigenvalue weighted by Crippen LogP contribution is -2.43. The van der Waals surface area contributed by atoms with Crippen molar-refractivity contribution in [3.05, 3.63) is 22.9 Å². The van der Waals surface area contributed by atoms with Gasteiger partial charge >= 0.3 is 0 Å². The van der Waals surface area contributed by atoms with Crippen LogP contribution in [0, 0.1) is 17.2 Å². The first kappa shape index (κ1) is 13.4. The largest absolute Gasteiger partial charge is 0.353 e. The van der Waals surface area contributed by atoms with Gasteiger partial charge in [-0.2, -0.15) is 5.26 Å². The molecule has 0 saturated carbocycles. The van der Waals surface area contributed by atoms with E-state index in [1.165, 1.54) is 36.9 Å². The molecule has 2 aliphatic rings. The number of nitrogens with zero attached hydrogens (tertiary/aromatic N) is 3. The molecule has 106 valence electrons. The van der Waals surface area contributed by atoms with E-state index in [4.69, 9.17) is 4.98 Å². The van der Waals surface area contributed by atoms with E-state index in [-0.39, 0.29) is 0 Å². The number of rotatable bonds is 1. The lowest BCUT2D eigenvalue weighted by atomic mass is 9.91. The molecule has 2 heterocycles. The van der Waals surface area contributed by atoms with Crippen LogP contribution < -0.4 is 4.90 Å². The fourth-order valence-corrected chi connectivity index (χ4v) is 3.56. The summed E-state index contributed by atoms with van der Waals surface area (Å²) in [5, 5.41) is 9.49. The number of fused-ring (bicyclic) bond motifs is 1. The molecule has 0 spiro atoms. The zero-order valence-corrected chi connectivity index (χ0v) is 12.5. The molecular formula is C17H23N3. The summed E-state index contributed by atoms with van der Waals surface area (Å²) in [5.74, 6) is 1.61. The number of aromatic nitrogens is 1. The van der Waals surface area contributed by atoms with Gasteiger partial charge < -0.3 is 4.90 Å². The minimum absolute atomic E-state index is 0.477. The Kier molecular flexibility index (Phi) is 3.65. The van der Waals surface area contributed by atoms with Gasteiger partial charge in [0.2, 0.25) is 0 Å². The molecule has 2 unspecified atom stereocenters. The normalized spacial score (nSPS) is 25.9. The average molecular weight is 269 g/mol. The molecule has 0 N–H and O–H groups in total. The van der Waals surface area contributed by atoms with E-state index in [0.717, 1.165) is 30.8 Å². The summed E-state index contributed by atoms with van der Waals surface area (Å²) in [4.78, 5) is 7.26. The molecule has 0 radical (unpaired) electrons. The summed E-state index contributed by atoms with van der Waals surface area (Å²) in [6.45, 7) is 5.61. The van der Waals surface area contributed by atoms with Crippen molar-refractivity contribution >= 4 is 5.82 Å². The smallest absolute Gasteiger partial charge is 0.147 e. The third-order valence-corrected chi connectivity index (χ3v) is 5.05. The Hall–Kier alpha value is -1.56. The van der Waals surface area contributed by atoms with Gasteiger partial charge in [-0.25, -0.2) is 4.98 Å². The van der Waals surface area contributed by atoms with E-state index in [1.807, 2.05) is 0 Å². The molecular weight excluding hydrogens is 246 g/mol. The Bertz CT molecular complexity index is 544. The second-order valence-corrected chi connectivity index (χ2v) is 6.34. The van der Waals surface area contributed by atoms with E-state index in [0.29, 0.717) is 12.0 Å². The van der Waals surface area contributed by atoms with E-state index in [2.05, 4.69) is 30.9 Å². The summed E-state index contributed by atoms with van der Waals surface area (Å²) in [7, 11) is 0. The van der Waals surface area contributed by atoms with Gasteiger partial charge in [0.15, 0.2) is 0 Å². The molecule has 2 atom stereocenters. The van der Waals surface area contributed by atoms with Crippen LogP contribution in [0.3, 0.4) is 0 Å². The quantitative estimate of drug-likeness (QED) is 0.784. The maximum atomic E-state index is 9.49. The van der Waals surface area contributed by atoms with E-state index in [9.17, 15) is 5.26 Å². The van der Waals surface area contributed by atoms with Crippen LogP contribution in [0.4, 0.5) is 5.82 Å². The van der Waals surface area contributed by atoms with Crippen LogP contribution >= 0.6 is 0 Å². The summed E-state index contributed by atoms with van der Waals surface area (Å²) in [6, 6.07) is 4.95. The molecule has 1 saturated heterocycles. The van der Waals surface area contributed by atoms with Crippen LogP contribution in [0.5, 0.6) is 0 Å². The number of nitriles is 1. The Morgan fingerprint density at radius 3 is 2.85 bits per heavy atom. The molecule has 1 aromatic heterocycles. The maximum Gasteiger partial charge on any atom is 0.147 e. The fraction of sp³-hybridized carbons (Fsp3) is 0.647. The zero-order valence-electron chi connectivity index (χ0n) is 12.5. The molecule has 1 fully saturated rings. The topological polar surface area (TPSA) is 39.9 Å². The highest BCUT2D eigenvalue weighted by atomic mass is 15.2. The first-order valence-corrected chi connectivity index (χ1v) is 7.90. The van der Waals surface area contributed by atoms with Crippen LogP contribution in [0.2, 0.25) is 0 Å². The molecule has 1 aliphatic heterocycles. The molecule has 3 rings (SSSR count). The zero-order chi connectivity index (χ0) is 14.1. The number of pyridine rings is 1. The summed E-state index contributed by atoms with van der Waals surface area (Å²) in [6.07, 6.45) is 7.11. The van der Waals surface area contributed by atoms with Crippen LogP contribution in [-0.2, 0) is 12.8 Å². The maximum absolute atomic E-state index is 9.49. The number of hydrogen-bond donors (Lipinski definition) is 0. The second-order valence-electron chi connectivity index (χ2n) is 6.34. The van der Waals surface area contributed by atoms with Gasteiger partial charge in [-0.05, 0) is 63.0 Å². The highest BCUT2D eigenvalue weighted by molar-refractivity contribution is 5.57. The summed E-state index contributed by atoms with van der Waals surface area (Å²) >= 11 is 0. The Morgan fingerprint density at radius 2 is 2.05 bits per heavy atom.